The molecule has 1 fully saturated rings. The number of anilines is 1. The van der Waals surface area contributed by atoms with Gasteiger partial charge in [-0.3, -0.25) is 14.6 Å². The van der Waals surface area contributed by atoms with Gasteiger partial charge in [0.15, 0.2) is 5.82 Å². The van der Waals surface area contributed by atoms with Crippen molar-refractivity contribution in [3.05, 3.63) is 66.4 Å². The maximum Gasteiger partial charge on any atom is 0.248 e. The molecule has 4 rings (SSSR count). The highest BCUT2D eigenvalue weighted by atomic mass is 16.2. The highest BCUT2D eigenvalue weighted by Gasteiger charge is 2.49. The number of aromatic nitrogens is 2. The molecule has 1 atom stereocenters. The molecule has 2 amide bonds. The lowest BCUT2D eigenvalue weighted by Crippen LogP contribution is -2.47. The molecule has 1 heterocycles. The second kappa shape index (κ2) is 10.5. The first-order valence-electron chi connectivity index (χ1n) is 11.7. The molecule has 0 aliphatic heterocycles. The molecule has 1 aromatic heterocycles. The number of rotatable bonds is 11. The Hall–Kier alpha value is -3.32. The molecule has 0 spiro atoms. The number of nitrogens with two attached hydrogens (primary N) is 1. The van der Waals surface area contributed by atoms with Gasteiger partial charge in [-0.1, -0.05) is 42.5 Å². The minimum atomic E-state index is -0.634. The first kappa shape index (κ1) is 22.9. The Balaban J connectivity index is 1.44. The second-order valence-electron chi connectivity index (χ2n) is 8.81. The summed E-state index contributed by atoms with van der Waals surface area (Å²) < 4.78 is 0. The van der Waals surface area contributed by atoms with Crippen LogP contribution in [0.2, 0.25) is 0 Å². The summed E-state index contributed by atoms with van der Waals surface area (Å²) in [6.45, 7) is 0.566. The molecule has 0 saturated heterocycles. The average Bonchev–Trinajstić information content (AvgIpc) is 3.64. The molecule has 1 aliphatic rings. The second-order valence-corrected chi connectivity index (χ2v) is 8.81. The lowest BCUT2D eigenvalue weighted by molar-refractivity contribution is -0.130. The summed E-state index contributed by atoms with van der Waals surface area (Å²) in [6.07, 6.45) is 7.00. The van der Waals surface area contributed by atoms with Crippen molar-refractivity contribution in [2.45, 2.75) is 51.0 Å². The van der Waals surface area contributed by atoms with Crippen LogP contribution in [0.15, 0.2) is 60.8 Å². The van der Waals surface area contributed by atoms with Crippen molar-refractivity contribution in [2.24, 2.45) is 11.1 Å². The molecule has 33 heavy (non-hydrogen) atoms. The minimum Gasteiger partial charge on any atom is -0.344 e. The molecule has 2 aromatic carbocycles. The molecule has 0 radical (unpaired) electrons. The van der Waals surface area contributed by atoms with Crippen LogP contribution >= 0.6 is 0 Å². The number of aryl methyl sites for hydroxylation is 1. The molecular formula is C26H31N5O2. The van der Waals surface area contributed by atoms with Crippen LogP contribution in [0.3, 0.4) is 0 Å². The van der Waals surface area contributed by atoms with Crippen LogP contribution < -0.4 is 16.4 Å². The number of para-hydroxylation sites is 2. The fourth-order valence-electron chi connectivity index (χ4n) is 4.15. The first-order chi connectivity index (χ1) is 16.1. The Morgan fingerprint density at radius 1 is 1.00 bits per heavy atom. The van der Waals surface area contributed by atoms with Crippen LogP contribution in [0.4, 0.5) is 5.82 Å². The van der Waals surface area contributed by atoms with E-state index in [1.807, 2.05) is 42.5 Å². The summed E-state index contributed by atoms with van der Waals surface area (Å²) in [4.78, 5) is 35.1. The Labute approximate surface area is 194 Å². The minimum absolute atomic E-state index is 0.0413. The third-order valence-electron chi connectivity index (χ3n) is 6.32. The fraction of sp³-hybridized carbons (Fsp3) is 0.385. The smallest absolute Gasteiger partial charge is 0.248 e. The van der Waals surface area contributed by atoms with Gasteiger partial charge in [-0.25, -0.2) is 4.98 Å². The number of nitrogens with one attached hydrogen (secondary N) is 2. The van der Waals surface area contributed by atoms with E-state index in [9.17, 15) is 9.59 Å². The van der Waals surface area contributed by atoms with Gasteiger partial charge >= 0.3 is 0 Å². The monoisotopic (exact) mass is 445 g/mol. The molecule has 172 valence electrons. The number of fused-ring (bicyclic) bond motifs is 1. The zero-order chi connectivity index (χ0) is 23.1. The van der Waals surface area contributed by atoms with E-state index >= 15 is 0 Å². The molecule has 4 N–H and O–H groups in total. The predicted molar refractivity (Wildman–Crippen MR) is 129 cm³/mol. The largest absolute Gasteiger partial charge is 0.344 e. The average molecular weight is 446 g/mol. The number of carbonyl (C=O) groups excluding carboxylic acids is 2. The number of benzene rings is 2. The van der Waals surface area contributed by atoms with Crippen molar-refractivity contribution in [3.8, 4) is 0 Å². The van der Waals surface area contributed by atoms with E-state index in [0.717, 1.165) is 44.0 Å². The topological polar surface area (TPSA) is 110 Å². The number of hydrogen-bond donors (Lipinski definition) is 3. The zero-order valence-electron chi connectivity index (χ0n) is 18.8. The van der Waals surface area contributed by atoms with Gasteiger partial charge in [-0.15, -0.1) is 0 Å². The van der Waals surface area contributed by atoms with Crippen LogP contribution in [0.25, 0.3) is 11.0 Å². The number of hydrogen-bond acceptors (Lipinski definition) is 5. The van der Waals surface area contributed by atoms with Crippen LogP contribution in [0.1, 0.15) is 44.1 Å². The van der Waals surface area contributed by atoms with E-state index in [4.69, 9.17) is 5.73 Å². The highest BCUT2D eigenvalue weighted by molar-refractivity contribution is 5.98. The van der Waals surface area contributed by atoms with E-state index in [0.29, 0.717) is 24.3 Å². The normalized spacial score (nSPS) is 15.1. The number of nitrogens with zero attached hydrogens (tertiary/aromatic N) is 2. The molecule has 1 saturated carbocycles. The summed E-state index contributed by atoms with van der Waals surface area (Å²) in [5.74, 6) is 0.0706. The molecule has 0 bridgehead atoms. The quantitative estimate of drug-likeness (QED) is 0.418. The summed E-state index contributed by atoms with van der Waals surface area (Å²) in [5.41, 5.74) is 7.97. The summed E-state index contributed by atoms with van der Waals surface area (Å²) in [6, 6.07) is 17.0. The van der Waals surface area contributed by atoms with Crippen LogP contribution in [-0.2, 0) is 16.0 Å². The van der Waals surface area contributed by atoms with Crippen LogP contribution in [0.5, 0.6) is 0 Å². The van der Waals surface area contributed by atoms with E-state index in [-0.39, 0.29) is 17.2 Å². The van der Waals surface area contributed by atoms with Crippen molar-refractivity contribution >= 4 is 28.7 Å². The predicted octanol–water partition coefficient (Wildman–Crippen LogP) is 3.60. The van der Waals surface area contributed by atoms with E-state index in [1.165, 1.54) is 5.56 Å². The van der Waals surface area contributed by atoms with E-state index < -0.39 is 6.04 Å². The third-order valence-corrected chi connectivity index (χ3v) is 6.32. The maximum atomic E-state index is 13.2. The van der Waals surface area contributed by atoms with Gasteiger partial charge < -0.3 is 16.4 Å². The SMILES string of the molecule is NCCCC1(C(=O)N[C@H](CCCc2ccccc2)C(=O)Nc2cnc3ccccc3n2)CC1. The van der Waals surface area contributed by atoms with Crippen molar-refractivity contribution in [1.29, 1.82) is 0 Å². The highest BCUT2D eigenvalue weighted by Crippen LogP contribution is 2.49. The summed E-state index contributed by atoms with van der Waals surface area (Å²) in [5, 5.41) is 5.89. The Morgan fingerprint density at radius 3 is 2.45 bits per heavy atom. The Morgan fingerprint density at radius 2 is 1.73 bits per heavy atom. The summed E-state index contributed by atoms with van der Waals surface area (Å²) in [7, 11) is 0. The molecule has 7 heteroatoms. The van der Waals surface area contributed by atoms with Crippen LogP contribution in [0, 0.1) is 5.41 Å². The van der Waals surface area contributed by atoms with Gasteiger partial charge in [0, 0.05) is 5.41 Å². The van der Waals surface area contributed by atoms with Crippen molar-refractivity contribution < 1.29 is 9.59 Å². The maximum absolute atomic E-state index is 13.2. The van der Waals surface area contributed by atoms with Gasteiger partial charge in [0.1, 0.15) is 6.04 Å². The third kappa shape index (κ3) is 5.93. The van der Waals surface area contributed by atoms with E-state index in [1.54, 1.807) is 6.20 Å². The van der Waals surface area contributed by atoms with Gasteiger partial charge in [0.05, 0.1) is 17.2 Å². The van der Waals surface area contributed by atoms with Crippen molar-refractivity contribution in [1.82, 2.24) is 15.3 Å². The molecule has 7 nitrogen and oxygen atoms in total. The summed E-state index contributed by atoms with van der Waals surface area (Å²) >= 11 is 0. The zero-order valence-corrected chi connectivity index (χ0v) is 18.8. The van der Waals surface area contributed by atoms with Crippen molar-refractivity contribution in [2.75, 3.05) is 11.9 Å². The standard InChI is InChI=1S/C26H31N5O2/c27-17-7-14-26(15-16-26)25(33)30-22(13-6-10-19-8-2-1-3-9-19)24(32)31-23-18-28-20-11-4-5-12-21(20)29-23/h1-5,8-9,11-12,18,22H,6-7,10,13-17,27H2,(H,30,33)(H,29,31,32)/t22-/m1/s1. The van der Waals surface area contributed by atoms with Gasteiger partial charge in [0.2, 0.25) is 11.8 Å². The first-order valence-corrected chi connectivity index (χ1v) is 11.7. The molecule has 1 aliphatic carbocycles. The molecular weight excluding hydrogens is 414 g/mol. The van der Waals surface area contributed by atoms with Gasteiger partial charge in [0.25, 0.3) is 0 Å². The lowest BCUT2D eigenvalue weighted by atomic mass is 9.97. The lowest BCUT2D eigenvalue weighted by Gasteiger charge is -2.22. The van der Waals surface area contributed by atoms with Gasteiger partial charge in [-0.05, 0) is 69.2 Å². The fourth-order valence-corrected chi connectivity index (χ4v) is 4.15. The Kier molecular flexibility index (Phi) is 7.29. The Bertz CT molecular complexity index is 1100. The number of amides is 2. The van der Waals surface area contributed by atoms with E-state index in [2.05, 4.69) is 32.7 Å². The van der Waals surface area contributed by atoms with Gasteiger partial charge in [-0.2, -0.15) is 0 Å². The number of carbonyl (C=O) groups is 2. The molecule has 3 aromatic rings. The van der Waals surface area contributed by atoms with Crippen molar-refractivity contribution in [3.63, 3.8) is 0 Å². The van der Waals surface area contributed by atoms with Crippen LogP contribution in [-0.4, -0.2) is 34.4 Å². The molecule has 0 unspecified atom stereocenters.